The lowest BCUT2D eigenvalue weighted by atomic mass is 9.71. The summed E-state index contributed by atoms with van der Waals surface area (Å²) < 4.78 is 10.4. The number of ether oxygens (including phenoxy) is 2. The van der Waals surface area contributed by atoms with Gasteiger partial charge in [-0.25, -0.2) is 0 Å². The van der Waals surface area contributed by atoms with Gasteiger partial charge in [0.15, 0.2) is 0 Å². The van der Waals surface area contributed by atoms with Crippen molar-refractivity contribution in [1.29, 1.82) is 0 Å². The van der Waals surface area contributed by atoms with Crippen LogP contribution in [0, 0.1) is 5.92 Å². The summed E-state index contributed by atoms with van der Waals surface area (Å²) in [7, 11) is 1.35. The lowest BCUT2D eigenvalue weighted by molar-refractivity contribution is -0.148. The van der Waals surface area contributed by atoms with Gasteiger partial charge in [0.05, 0.1) is 19.1 Å². The average molecular weight is 254 g/mol. The Kier molecular flexibility index (Phi) is 4.38. The van der Waals surface area contributed by atoms with E-state index < -0.39 is 0 Å². The van der Waals surface area contributed by atoms with Crippen LogP contribution in [0.25, 0.3) is 0 Å². The van der Waals surface area contributed by atoms with Gasteiger partial charge in [-0.3, -0.25) is 9.59 Å². The molecule has 0 aromatic heterocycles. The molecule has 1 saturated carbocycles. The Morgan fingerprint density at radius 1 is 1.33 bits per heavy atom. The molecule has 18 heavy (non-hydrogen) atoms. The number of ketones is 1. The van der Waals surface area contributed by atoms with E-state index in [0.29, 0.717) is 18.8 Å². The SMILES string of the molecule is COC(=O)CCC(=O)CC1CCOC2(CCC2)C1. The van der Waals surface area contributed by atoms with E-state index in [1.165, 1.54) is 13.5 Å². The van der Waals surface area contributed by atoms with Crippen molar-refractivity contribution in [3.63, 3.8) is 0 Å². The van der Waals surface area contributed by atoms with Crippen molar-refractivity contribution in [3.8, 4) is 0 Å². The van der Waals surface area contributed by atoms with Crippen LogP contribution in [0.15, 0.2) is 0 Å². The molecule has 1 atom stereocenters. The largest absolute Gasteiger partial charge is 0.469 e. The normalized spacial score (nSPS) is 25.5. The Bertz CT molecular complexity index is 320. The van der Waals surface area contributed by atoms with Gasteiger partial charge in [-0.1, -0.05) is 0 Å². The van der Waals surface area contributed by atoms with Gasteiger partial charge >= 0.3 is 5.97 Å². The van der Waals surface area contributed by atoms with Crippen LogP contribution in [0.2, 0.25) is 0 Å². The molecule has 1 saturated heterocycles. The van der Waals surface area contributed by atoms with Gasteiger partial charge in [0.25, 0.3) is 0 Å². The van der Waals surface area contributed by atoms with Crippen molar-refractivity contribution >= 4 is 11.8 Å². The topological polar surface area (TPSA) is 52.6 Å². The summed E-state index contributed by atoms with van der Waals surface area (Å²) in [6.45, 7) is 0.787. The third-order valence-corrected chi connectivity index (χ3v) is 4.21. The van der Waals surface area contributed by atoms with Gasteiger partial charge in [0, 0.05) is 19.4 Å². The van der Waals surface area contributed by atoms with E-state index in [2.05, 4.69) is 4.74 Å². The van der Waals surface area contributed by atoms with Crippen LogP contribution >= 0.6 is 0 Å². The smallest absolute Gasteiger partial charge is 0.305 e. The summed E-state index contributed by atoms with van der Waals surface area (Å²) in [5, 5.41) is 0. The first-order valence-corrected chi connectivity index (χ1v) is 6.86. The molecule has 0 aromatic carbocycles. The molecule has 0 bridgehead atoms. The summed E-state index contributed by atoms with van der Waals surface area (Å²) in [5.74, 6) is 0.330. The van der Waals surface area contributed by atoms with Gasteiger partial charge in [0.1, 0.15) is 5.78 Å². The second-order valence-electron chi connectivity index (χ2n) is 5.56. The molecule has 1 unspecified atom stereocenters. The van der Waals surface area contributed by atoms with Crippen molar-refractivity contribution in [2.24, 2.45) is 5.92 Å². The Balaban J connectivity index is 1.71. The summed E-state index contributed by atoms with van der Waals surface area (Å²) in [4.78, 5) is 22.8. The maximum atomic E-state index is 11.8. The molecule has 0 radical (unpaired) electrons. The minimum Gasteiger partial charge on any atom is -0.469 e. The van der Waals surface area contributed by atoms with E-state index in [0.717, 1.165) is 32.3 Å². The molecule has 0 amide bonds. The van der Waals surface area contributed by atoms with E-state index in [9.17, 15) is 9.59 Å². The van der Waals surface area contributed by atoms with Crippen LogP contribution in [0.5, 0.6) is 0 Å². The first kappa shape index (κ1) is 13.5. The van der Waals surface area contributed by atoms with E-state index >= 15 is 0 Å². The lowest BCUT2D eigenvalue weighted by Crippen LogP contribution is -2.45. The minimum absolute atomic E-state index is 0.103. The minimum atomic E-state index is -0.300. The summed E-state index contributed by atoms with van der Waals surface area (Å²) >= 11 is 0. The highest BCUT2D eigenvalue weighted by molar-refractivity contribution is 5.83. The Labute approximate surface area is 108 Å². The van der Waals surface area contributed by atoms with Crippen molar-refractivity contribution in [1.82, 2.24) is 0 Å². The molecule has 2 aliphatic rings. The van der Waals surface area contributed by atoms with Gasteiger partial charge in [0.2, 0.25) is 0 Å². The summed E-state index contributed by atoms with van der Waals surface area (Å²) in [5.41, 5.74) is 0.103. The van der Waals surface area contributed by atoms with Crippen LogP contribution in [0.1, 0.15) is 51.4 Å². The highest BCUT2D eigenvalue weighted by atomic mass is 16.5. The number of rotatable bonds is 5. The molecule has 1 aliphatic carbocycles. The molecule has 0 N–H and O–H groups in total. The zero-order valence-electron chi connectivity index (χ0n) is 11.1. The second kappa shape index (κ2) is 5.83. The van der Waals surface area contributed by atoms with Crippen molar-refractivity contribution in [2.45, 2.75) is 57.0 Å². The van der Waals surface area contributed by atoms with Crippen LogP contribution in [0.3, 0.4) is 0 Å². The van der Waals surface area contributed by atoms with Gasteiger partial charge in [-0.2, -0.15) is 0 Å². The standard InChI is InChI=1S/C14H22O4/c1-17-13(16)4-3-12(15)9-11-5-8-18-14(10-11)6-2-7-14/h11H,2-10H2,1H3. The number of esters is 1. The molecular weight excluding hydrogens is 232 g/mol. The summed E-state index contributed by atoms with van der Waals surface area (Å²) in [6, 6.07) is 0. The maximum absolute atomic E-state index is 11.8. The molecule has 0 aromatic rings. The molecule has 4 nitrogen and oxygen atoms in total. The quantitative estimate of drug-likeness (QED) is 0.706. The van der Waals surface area contributed by atoms with Gasteiger partial charge in [-0.15, -0.1) is 0 Å². The third-order valence-electron chi connectivity index (χ3n) is 4.21. The van der Waals surface area contributed by atoms with Crippen molar-refractivity contribution < 1.29 is 19.1 Å². The number of carbonyl (C=O) groups is 2. The van der Waals surface area contributed by atoms with E-state index in [-0.39, 0.29) is 23.8 Å². The third kappa shape index (κ3) is 3.31. The van der Waals surface area contributed by atoms with Crippen molar-refractivity contribution in [3.05, 3.63) is 0 Å². The van der Waals surface area contributed by atoms with E-state index in [1.54, 1.807) is 0 Å². The zero-order chi connectivity index (χ0) is 13.0. The zero-order valence-corrected chi connectivity index (χ0v) is 11.1. The number of Topliss-reactive ketones (excluding diaryl/α,β-unsaturated/α-hetero) is 1. The number of hydrogen-bond acceptors (Lipinski definition) is 4. The number of hydrogen-bond donors (Lipinski definition) is 0. The molecule has 1 heterocycles. The molecule has 1 aliphatic heterocycles. The van der Waals surface area contributed by atoms with Crippen LogP contribution in [0.4, 0.5) is 0 Å². The van der Waals surface area contributed by atoms with E-state index in [4.69, 9.17) is 4.74 Å². The summed E-state index contributed by atoms with van der Waals surface area (Å²) in [6.07, 6.45) is 6.69. The monoisotopic (exact) mass is 254 g/mol. The van der Waals surface area contributed by atoms with E-state index in [1.807, 2.05) is 0 Å². The lowest BCUT2D eigenvalue weighted by Gasteiger charge is -2.47. The van der Waals surface area contributed by atoms with Crippen LogP contribution < -0.4 is 0 Å². The number of carbonyl (C=O) groups excluding carboxylic acids is 2. The molecule has 102 valence electrons. The highest BCUT2D eigenvalue weighted by Gasteiger charge is 2.42. The Morgan fingerprint density at radius 3 is 2.72 bits per heavy atom. The predicted octanol–water partition coefficient (Wildman–Crippen LogP) is 2.25. The second-order valence-corrected chi connectivity index (χ2v) is 5.56. The highest BCUT2D eigenvalue weighted by Crippen LogP contribution is 2.45. The Morgan fingerprint density at radius 2 is 2.11 bits per heavy atom. The predicted molar refractivity (Wildman–Crippen MR) is 66.1 cm³/mol. The average Bonchev–Trinajstić information content (AvgIpc) is 2.34. The first-order chi connectivity index (χ1) is 8.63. The molecule has 1 spiro atoms. The van der Waals surface area contributed by atoms with Gasteiger partial charge in [-0.05, 0) is 38.0 Å². The Hall–Kier alpha value is -0.900. The fourth-order valence-electron chi connectivity index (χ4n) is 2.99. The van der Waals surface area contributed by atoms with Crippen LogP contribution in [-0.4, -0.2) is 31.1 Å². The number of methoxy groups -OCH3 is 1. The van der Waals surface area contributed by atoms with Crippen LogP contribution in [-0.2, 0) is 19.1 Å². The fourth-order valence-corrected chi connectivity index (χ4v) is 2.99. The molecule has 2 rings (SSSR count). The van der Waals surface area contributed by atoms with Crippen molar-refractivity contribution in [2.75, 3.05) is 13.7 Å². The van der Waals surface area contributed by atoms with Gasteiger partial charge < -0.3 is 9.47 Å². The molecule has 4 heteroatoms. The maximum Gasteiger partial charge on any atom is 0.305 e. The first-order valence-electron chi connectivity index (χ1n) is 6.86. The fraction of sp³-hybridized carbons (Fsp3) is 0.857. The molecule has 2 fully saturated rings. The molecular formula is C14H22O4.